The van der Waals surface area contributed by atoms with Gasteiger partial charge in [-0.05, 0) is 23.6 Å². The summed E-state index contributed by atoms with van der Waals surface area (Å²) in [6.45, 7) is 0.655. The SMILES string of the molecule is Nc1ccc(C#CCCNC(=O)OCc2ccccc2)nn1. The van der Waals surface area contributed by atoms with Gasteiger partial charge < -0.3 is 15.8 Å². The molecule has 22 heavy (non-hydrogen) atoms. The molecule has 0 aliphatic heterocycles. The van der Waals surface area contributed by atoms with Crippen LogP contribution in [0.5, 0.6) is 0 Å². The first kappa shape index (κ1) is 15.3. The molecule has 2 rings (SSSR count). The molecule has 1 heterocycles. The van der Waals surface area contributed by atoms with Crippen molar-refractivity contribution in [3.05, 3.63) is 53.7 Å². The Hall–Kier alpha value is -3.07. The van der Waals surface area contributed by atoms with Gasteiger partial charge in [0.2, 0.25) is 0 Å². The topological polar surface area (TPSA) is 90.1 Å². The van der Waals surface area contributed by atoms with E-state index in [1.165, 1.54) is 0 Å². The first-order valence-corrected chi connectivity index (χ1v) is 6.76. The van der Waals surface area contributed by atoms with E-state index in [1.54, 1.807) is 12.1 Å². The number of anilines is 1. The van der Waals surface area contributed by atoms with Crippen LogP contribution in [-0.2, 0) is 11.3 Å². The standard InChI is InChI=1S/C16H16N4O2/c17-15-10-9-14(19-20-15)8-4-5-11-18-16(21)22-12-13-6-2-1-3-7-13/h1-3,6-7,9-10H,5,11-12H2,(H2,17,20)(H,18,21). The molecule has 1 aromatic carbocycles. The van der Waals surface area contributed by atoms with Crippen molar-refractivity contribution in [2.75, 3.05) is 12.3 Å². The highest BCUT2D eigenvalue weighted by molar-refractivity contribution is 5.67. The second-order valence-corrected chi connectivity index (χ2v) is 4.38. The largest absolute Gasteiger partial charge is 0.445 e. The number of hydrogen-bond donors (Lipinski definition) is 2. The van der Waals surface area contributed by atoms with Crippen molar-refractivity contribution in [3.8, 4) is 11.8 Å². The molecular weight excluding hydrogens is 280 g/mol. The molecule has 6 heteroatoms. The van der Waals surface area contributed by atoms with Gasteiger partial charge >= 0.3 is 6.09 Å². The van der Waals surface area contributed by atoms with Crippen molar-refractivity contribution in [2.45, 2.75) is 13.0 Å². The Morgan fingerprint density at radius 3 is 2.73 bits per heavy atom. The van der Waals surface area contributed by atoms with Gasteiger partial charge in [-0.2, -0.15) is 0 Å². The maximum atomic E-state index is 11.5. The third-order valence-corrected chi connectivity index (χ3v) is 2.63. The van der Waals surface area contributed by atoms with Gasteiger partial charge in [0, 0.05) is 13.0 Å². The Balaban J connectivity index is 1.64. The molecule has 112 valence electrons. The number of nitrogens with zero attached hydrogens (tertiary/aromatic N) is 2. The lowest BCUT2D eigenvalue weighted by Gasteiger charge is -2.05. The molecule has 0 atom stereocenters. The van der Waals surface area contributed by atoms with Crippen molar-refractivity contribution in [2.24, 2.45) is 0 Å². The molecule has 0 fully saturated rings. The van der Waals surface area contributed by atoms with Crippen molar-refractivity contribution in [1.29, 1.82) is 0 Å². The molecule has 0 spiro atoms. The van der Waals surface area contributed by atoms with E-state index in [-0.39, 0.29) is 6.61 Å². The predicted octanol–water partition coefficient (Wildman–Crippen LogP) is 1.73. The van der Waals surface area contributed by atoms with E-state index >= 15 is 0 Å². The Kier molecular flexibility index (Phi) is 5.76. The molecule has 1 aromatic heterocycles. The number of nitrogen functional groups attached to an aromatic ring is 1. The second-order valence-electron chi connectivity index (χ2n) is 4.38. The number of amides is 1. The second kappa shape index (κ2) is 8.27. The summed E-state index contributed by atoms with van der Waals surface area (Å²) in [7, 11) is 0. The van der Waals surface area contributed by atoms with Crippen LogP contribution in [0, 0.1) is 11.8 Å². The summed E-state index contributed by atoms with van der Waals surface area (Å²) >= 11 is 0. The molecule has 0 saturated heterocycles. The van der Waals surface area contributed by atoms with Crippen LogP contribution >= 0.6 is 0 Å². The minimum absolute atomic E-state index is 0.249. The molecule has 6 nitrogen and oxygen atoms in total. The van der Waals surface area contributed by atoms with Gasteiger partial charge in [0.1, 0.15) is 18.1 Å². The zero-order valence-corrected chi connectivity index (χ0v) is 12.0. The van der Waals surface area contributed by atoms with E-state index in [2.05, 4.69) is 27.4 Å². The normalized spacial score (nSPS) is 9.45. The third kappa shape index (κ3) is 5.51. The highest BCUT2D eigenvalue weighted by Gasteiger charge is 2.00. The van der Waals surface area contributed by atoms with Crippen LogP contribution in [0.15, 0.2) is 42.5 Å². The number of benzene rings is 1. The minimum atomic E-state index is -0.460. The highest BCUT2D eigenvalue weighted by Crippen LogP contribution is 2.00. The van der Waals surface area contributed by atoms with Gasteiger partial charge in [0.15, 0.2) is 0 Å². The number of nitrogens with two attached hydrogens (primary N) is 1. The van der Waals surface area contributed by atoms with Crippen LogP contribution in [0.3, 0.4) is 0 Å². The van der Waals surface area contributed by atoms with Crippen LogP contribution in [-0.4, -0.2) is 22.8 Å². The summed E-state index contributed by atoms with van der Waals surface area (Å²) in [5.41, 5.74) is 6.91. The molecule has 3 N–H and O–H groups in total. The van der Waals surface area contributed by atoms with Crippen molar-refractivity contribution < 1.29 is 9.53 Å². The average Bonchev–Trinajstić information content (AvgIpc) is 2.55. The van der Waals surface area contributed by atoms with Crippen LogP contribution in [0.4, 0.5) is 10.6 Å². The smallest absolute Gasteiger partial charge is 0.407 e. The van der Waals surface area contributed by atoms with Crippen molar-refractivity contribution in [1.82, 2.24) is 15.5 Å². The lowest BCUT2D eigenvalue weighted by atomic mass is 10.2. The van der Waals surface area contributed by atoms with E-state index in [9.17, 15) is 4.79 Å². The highest BCUT2D eigenvalue weighted by atomic mass is 16.5. The zero-order chi connectivity index (χ0) is 15.6. The van der Waals surface area contributed by atoms with Crippen LogP contribution in [0.1, 0.15) is 17.7 Å². The molecule has 0 unspecified atom stereocenters. The number of hydrogen-bond acceptors (Lipinski definition) is 5. The Labute approximate surface area is 128 Å². The zero-order valence-electron chi connectivity index (χ0n) is 12.0. The van der Waals surface area contributed by atoms with E-state index in [0.29, 0.717) is 24.5 Å². The first-order valence-electron chi connectivity index (χ1n) is 6.76. The van der Waals surface area contributed by atoms with Crippen LogP contribution in [0.2, 0.25) is 0 Å². The third-order valence-electron chi connectivity index (χ3n) is 2.63. The number of ether oxygens (including phenoxy) is 1. The fraction of sp³-hybridized carbons (Fsp3) is 0.188. The molecule has 0 bridgehead atoms. The van der Waals surface area contributed by atoms with Gasteiger partial charge in [-0.3, -0.25) is 0 Å². The van der Waals surface area contributed by atoms with Crippen molar-refractivity contribution in [3.63, 3.8) is 0 Å². The van der Waals surface area contributed by atoms with E-state index in [1.807, 2.05) is 30.3 Å². The summed E-state index contributed by atoms with van der Waals surface area (Å²) in [4.78, 5) is 11.5. The Morgan fingerprint density at radius 1 is 1.18 bits per heavy atom. The van der Waals surface area contributed by atoms with Gasteiger partial charge in [-0.1, -0.05) is 36.3 Å². The summed E-state index contributed by atoms with van der Waals surface area (Å²) in [5, 5.41) is 10.1. The summed E-state index contributed by atoms with van der Waals surface area (Å²) in [5.74, 6) is 6.07. The monoisotopic (exact) mass is 296 g/mol. The number of carbonyl (C=O) groups is 1. The van der Waals surface area contributed by atoms with Crippen LogP contribution in [0.25, 0.3) is 0 Å². The van der Waals surface area contributed by atoms with Gasteiger partial charge in [-0.15, -0.1) is 10.2 Å². The molecule has 2 aromatic rings. The number of rotatable bonds is 4. The molecular formula is C16H16N4O2. The first-order chi connectivity index (χ1) is 10.7. The molecule has 0 saturated carbocycles. The summed E-state index contributed by atoms with van der Waals surface area (Å²) < 4.78 is 5.07. The van der Waals surface area contributed by atoms with Crippen molar-refractivity contribution >= 4 is 11.9 Å². The lowest BCUT2D eigenvalue weighted by Crippen LogP contribution is -2.24. The molecule has 1 amide bonds. The Bertz CT molecular complexity index is 660. The quantitative estimate of drug-likeness (QED) is 0.662. The van der Waals surface area contributed by atoms with E-state index in [4.69, 9.17) is 10.5 Å². The molecule has 0 radical (unpaired) electrons. The number of aromatic nitrogens is 2. The number of nitrogens with one attached hydrogen (secondary N) is 1. The van der Waals surface area contributed by atoms with Gasteiger partial charge in [0.25, 0.3) is 0 Å². The fourth-order valence-electron chi connectivity index (χ4n) is 1.56. The van der Waals surface area contributed by atoms with Gasteiger partial charge in [0.05, 0.1) is 0 Å². The lowest BCUT2D eigenvalue weighted by molar-refractivity contribution is 0.140. The average molecular weight is 296 g/mol. The number of carbonyl (C=O) groups excluding carboxylic acids is 1. The predicted molar refractivity (Wildman–Crippen MR) is 82.6 cm³/mol. The molecule has 0 aliphatic carbocycles. The maximum absolute atomic E-state index is 11.5. The van der Waals surface area contributed by atoms with E-state index in [0.717, 1.165) is 5.56 Å². The summed E-state index contributed by atoms with van der Waals surface area (Å²) in [6, 6.07) is 12.8. The van der Waals surface area contributed by atoms with Crippen LogP contribution < -0.4 is 11.1 Å². The number of alkyl carbamates (subject to hydrolysis) is 1. The maximum Gasteiger partial charge on any atom is 0.407 e. The van der Waals surface area contributed by atoms with E-state index < -0.39 is 6.09 Å². The minimum Gasteiger partial charge on any atom is -0.445 e. The summed E-state index contributed by atoms with van der Waals surface area (Å²) in [6.07, 6.45) is 0.0323. The fourth-order valence-corrected chi connectivity index (χ4v) is 1.56. The van der Waals surface area contributed by atoms with Gasteiger partial charge in [-0.25, -0.2) is 4.79 Å². The molecule has 0 aliphatic rings. The Morgan fingerprint density at radius 2 is 2.00 bits per heavy atom.